The van der Waals surface area contributed by atoms with Gasteiger partial charge in [-0.25, -0.2) is 4.98 Å². The average molecular weight is 434 g/mol. The van der Waals surface area contributed by atoms with E-state index >= 15 is 0 Å². The average Bonchev–Trinajstić information content (AvgIpc) is 2.63. The molecule has 1 heterocycles. The van der Waals surface area contributed by atoms with Gasteiger partial charge in [0.25, 0.3) is 0 Å². The van der Waals surface area contributed by atoms with E-state index in [-0.39, 0.29) is 11.8 Å². The quantitative estimate of drug-likeness (QED) is 0.558. The highest BCUT2D eigenvalue weighted by atomic mass is 79.9. The number of alkyl halides is 3. The normalized spacial score (nSPS) is 10.9. The molecule has 1 aromatic heterocycles. The molecule has 0 amide bonds. The number of rotatable bonds is 4. The highest BCUT2D eigenvalue weighted by Gasteiger charge is 2.35. The highest BCUT2D eigenvalue weighted by Crippen LogP contribution is 2.35. The van der Waals surface area contributed by atoms with Crippen LogP contribution in [0.25, 0.3) is 0 Å². The van der Waals surface area contributed by atoms with Gasteiger partial charge in [0, 0.05) is 22.0 Å². The molecule has 0 aliphatic carbocycles. The van der Waals surface area contributed by atoms with Gasteiger partial charge in [0.2, 0.25) is 5.95 Å². The van der Waals surface area contributed by atoms with Crippen molar-refractivity contribution in [2.24, 2.45) is 0 Å². The van der Waals surface area contributed by atoms with Crippen LogP contribution in [0.15, 0.2) is 59.2 Å². The molecule has 0 aliphatic rings. The molecule has 136 valence electrons. The van der Waals surface area contributed by atoms with Crippen LogP contribution in [0.2, 0.25) is 0 Å². The van der Waals surface area contributed by atoms with Crippen LogP contribution in [0.3, 0.4) is 0 Å². The van der Waals surface area contributed by atoms with Crippen molar-refractivity contribution in [1.82, 2.24) is 9.97 Å². The standard InChI is InChI=1S/C18H11BrF3N5/c19-12-3-7-14(8-4-12)26-17-24-10-15(18(20,21)22)16(27-17)25-13-5-1-11(9-23)2-6-13/h1-8,10H,(H2,24,25,26,27). The molecule has 0 aliphatic heterocycles. The van der Waals surface area contributed by atoms with Gasteiger partial charge in [-0.1, -0.05) is 15.9 Å². The minimum atomic E-state index is -4.62. The minimum Gasteiger partial charge on any atom is -0.340 e. The fraction of sp³-hybridized carbons (Fsp3) is 0.0556. The first-order valence-corrected chi connectivity index (χ1v) is 8.38. The van der Waals surface area contributed by atoms with Crippen molar-refractivity contribution in [1.29, 1.82) is 5.26 Å². The maximum atomic E-state index is 13.3. The fourth-order valence-corrected chi connectivity index (χ4v) is 2.44. The third kappa shape index (κ3) is 4.74. The lowest BCUT2D eigenvalue weighted by Crippen LogP contribution is -2.12. The maximum Gasteiger partial charge on any atom is 0.421 e. The molecule has 27 heavy (non-hydrogen) atoms. The number of hydrogen-bond acceptors (Lipinski definition) is 5. The molecule has 0 atom stereocenters. The number of nitrogens with one attached hydrogen (secondary N) is 2. The summed E-state index contributed by atoms with van der Waals surface area (Å²) < 4.78 is 40.7. The summed E-state index contributed by atoms with van der Waals surface area (Å²) in [4.78, 5) is 7.72. The Kier molecular flexibility index (Phi) is 5.28. The van der Waals surface area contributed by atoms with Gasteiger partial charge in [-0.2, -0.15) is 23.4 Å². The predicted molar refractivity (Wildman–Crippen MR) is 98.9 cm³/mol. The molecular formula is C18H11BrF3N5. The van der Waals surface area contributed by atoms with Crippen LogP contribution < -0.4 is 10.6 Å². The monoisotopic (exact) mass is 433 g/mol. The largest absolute Gasteiger partial charge is 0.421 e. The van der Waals surface area contributed by atoms with Crippen LogP contribution in [0.4, 0.5) is 36.3 Å². The van der Waals surface area contributed by atoms with Crippen molar-refractivity contribution in [3.05, 3.63) is 70.3 Å². The second-order valence-electron chi connectivity index (χ2n) is 5.40. The zero-order chi connectivity index (χ0) is 19.4. The second-order valence-corrected chi connectivity index (χ2v) is 6.32. The van der Waals surface area contributed by atoms with Crippen molar-refractivity contribution in [2.75, 3.05) is 10.6 Å². The van der Waals surface area contributed by atoms with Crippen LogP contribution in [0.1, 0.15) is 11.1 Å². The summed E-state index contributed by atoms with van der Waals surface area (Å²) in [6.45, 7) is 0. The Balaban J connectivity index is 1.92. The number of nitrogens with zero attached hydrogens (tertiary/aromatic N) is 3. The number of hydrogen-bond donors (Lipinski definition) is 2. The molecule has 0 bridgehead atoms. The van der Waals surface area contributed by atoms with Crippen molar-refractivity contribution in [3.63, 3.8) is 0 Å². The molecule has 0 saturated heterocycles. The molecule has 0 radical (unpaired) electrons. The molecule has 0 saturated carbocycles. The lowest BCUT2D eigenvalue weighted by Gasteiger charge is -2.15. The van der Waals surface area contributed by atoms with Crippen LogP contribution in [0, 0.1) is 11.3 Å². The van der Waals surface area contributed by atoms with E-state index in [4.69, 9.17) is 5.26 Å². The summed E-state index contributed by atoms with van der Waals surface area (Å²) in [5.41, 5.74) is 0.403. The Morgan fingerprint density at radius 3 is 2.11 bits per heavy atom. The lowest BCUT2D eigenvalue weighted by atomic mass is 10.2. The highest BCUT2D eigenvalue weighted by molar-refractivity contribution is 9.10. The molecule has 2 N–H and O–H groups in total. The minimum absolute atomic E-state index is 0.0152. The Hall–Kier alpha value is -3.12. The second kappa shape index (κ2) is 7.63. The van der Waals surface area contributed by atoms with E-state index in [0.29, 0.717) is 16.9 Å². The van der Waals surface area contributed by atoms with Crippen LogP contribution in [-0.4, -0.2) is 9.97 Å². The van der Waals surface area contributed by atoms with E-state index in [1.54, 1.807) is 24.3 Å². The Bertz CT molecular complexity index is 980. The van der Waals surface area contributed by atoms with Gasteiger partial charge in [0.15, 0.2) is 0 Å². The molecule has 0 unspecified atom stereocenters. The SMILES string of the molecule is N#Cc1ccc(Nc2nc(Nc3ccc(Br)cc3)ncc2C(F)(F)F)cc1. The van der Waals surface area contributed by atoms with E-state index in [9.17, 15) is 13.2 Å². The van der Waals surface area contributed by atoms with E-state index in [0.717, 1.165) is 10.7 Å². The fourth-order valence-electron chi connectivity index (χ4n) is 2.17. The summed E-state index contributed by atoms with van der Waals surface area (Å²) in [7, 11) is 0. The Morgan fingerprint density at radius 1 is 0.926 bits per heavy atom. The number of anilines is 4. The summed E-state index contributed by atoms with van der Waals surface area (Å²) in [6.07, 6.45) is -3.90. The lowest BCUT2D eigenvalue weighted by molar-refractivity contribution is -0.137. The van der Waals surface area contributed by atoms with Gasteiger partial charge < -0.3 is 10.6 Å². The molecule has 0 fully saturated rings. The Labute approximate surface area is 161 Å². The van der Waals surface area contributed by atoms with Crippen molar-refractivity contribution in [3.8, 4) is 6.07 Å². The number of benzene rings is 2. The third-order valence-electron chi connectivity index (χ3n) is 3.47. The van der Waals surface area contributed by atoms with Gasteiger partial charge in [-0.05, 0) is 48.5 Å². The van der Waals surface area contributed by atoms with Crippen molar-refractivity contribution in [2.45, 2.75) is 6.18 Å². The number of aromatic nitrogens is 2. The first-order valence-electron chi connectivity index (χ1n) is 7.59. The molecule has 5 nitrogen and oxygen atoms in total. The summed E-state index contributed by atoms with van der Waals surface area (Å²) >= 11 is 3.31. The maximum absolute atomic E-state index is 13.3. The van der Waals surface area contributed by atoms with Gasteiger partial charge in [0.1, 0.15) is 11.4 Å². The number of nitriles is 1. The van der Waals surface area contributed by atoms with Crippen molar-refractivity contribution >= 4 is 39.1 Å². The first-order chi connectivity index (χ1) is 12.8. The van der Waals surface area contributed by atoms with E-state index in [2.05, 4.69) is 36.5 Å². The summed E-state index contributed by atoms with van der Waals surface area (Å²) in [6, 6.07) is 15.0. The van der Waals surface area contributed by atoms with Crippen LogP contribution in [-0.2, 0) is 6.18 Å². The Morgan fingerprint density at radius 2 is 1.52 bits per heavy atom. The smallest absolute Gasteiger partial charge is 0.340 e. The molecule has 0 spiro atoms. The molecule has 9 heteroatoms. The molecule has 3 aromatic rings. The summed E-state index contributed by atoms with van der Waals surface area (Å²) in [5.74, 6) is -0.372. The van der Waals surface area contributed by atoms with Crippen LogP contribution >= 0.6 is 15.9 Å². The van der Waals surface area contributed by atoms with E-state index in [1.165, 1.54) is 24.3 Å². The van der Waals surface area contributed by atoms with Crippen LogP contribution in [0.5, 0.6) is 0 Å². The third-order valence-corrected chi connectivity index (χ3v) is 4.00. The first kappa shape index (κ1) is 18.7. The van der Waals surface area contributed by atoms with Crippen molar-refractivity contribution < 1.29 is 13.2 Å². The molecular weight excluding hydrogens is 423 g/mol. The van der Waals surface area contributed by atoms with E-state index < -0.39 is 11.7 Å². The summed E-state index contributed by atoms with van der Waals surface area (Å²) in [5, 5.41) is 14.3. The number of halogens is 4. The zero-order valence-electron chi connectivity index (χ0n) is 13.5. The molecule has 2 aromatic carbocycles. The van der Waals surface area contributed by atoms with Gasteiger partial charge in [-0.15, -0.1) is 0 Å². The van der Waals surface area contributed by atoms with Gasteiger partial charge in [0.05, 0.1) is 11.6 Å². The molecule has 3 rings (SSSR count). The topological polar surface area (TPSA) is 73.6 Å². The zero-order valence-corrected chi connectivity index (χ0v) is 15.1. The predicted octanol–water partition coefficient (Wildman–Crippen LogP) is 5.62. The van der Waals surface area contributed by atoms with E-state index in [1.807, 2.05) is 6.07 Å². The van der Waals surface area contributed by atoms with Gasteiger partial charge >= 0.3 is 6.18 Å². The van der Waals surface area contributed by atoms with Gasteiger partial charge in [-0.3, -0.25) is 0 Å².